The Kier molecular flexibility index (Phi) is 4.14. The van der Waals surface area contributed by atoms with Crippen molar-refractivity contribution in [3.8, 4) is 0 Å². The van der Waals surface area contributed by atoms with Gasteiger partial charge in [-0.15, -0.1) is 0 Å². The van der Waals surface area contributed by atoms with E-state index in [1.807, 2.05) is 0 Å². The third-order valence-electron chi connectivity index (χ3n) is 4.69. The third kappa shape index (κ3) is 2.34. The highest BCUT2D eigenvalue weighted by Crippen LogP contribution is 2.49. The van der Waals surface area contributed by atoms with Gasteiger partial charge in [0.1, 0.15) is 11.4 Å². The maximum atomic E-state index is 12.9. The second-order valence-corrected chi connectivity index (χ2v) is 9.17. The summed E-state index contributed by atoms with van der Waals surface area (Å²) in [7, 11) is -3.90. The molecule has 0 saturated carbocycles. The number of β-lactam (4-membered cyclic amide) rings is 1. The van der Waals surface area contributed by atoms with E-state index in [1.54, 1.807) is 6.07 Å². The second-order valence-electron chi connectivity index (χ2n) is 6.59. The van der Waals surface area contributed by atoms with Crippen LogP contribution in [0, 0.1) is 5.21 Å². The lowest BCUT2D eigenvalue weighted by Gasteiger charge is -2.38. The molecule has 0 aromatic carbocycles. The number of aromatic nitrogens is 1. The number of amides is 1. The molecule has 3 rings (SSSR count). The smallest absolute Gasteiger partial charge is 0.330 e. The molecule has 1 aromatic heterocycles. The lowest BCUT2D eigenvalue weighted by Crippen LogP contribution is -2.59. The summed E-state index contributed by atoms with van der Waals surface area (Å²) in [5, 5.41) is 10.5. The molecule has 2 saturated heterocycles. The van der Waals surface area contributed by atoms with Crippen LogP contribution < -0.4 is 4.73 Å². The minimum atomic E-state index is -3.90. The highest BCUT2D eigenvalue weighted by Gasteiger charge is 2.70. The van der Waals surface area contributed by atoms with Gasteiger partial charge in [0.15, 0.2) is 27.4 Å². The van der Waals surface area contributed by atoms with Crippen LogP contribution in [-0.4, -0.2) is 48.0 Å². The van der Waals surface area contributed by atoms with Gasteiger partial charge >= 0.3 is 5.97 Å². The Morgan fingerprint density at radius 2 is 2.15 bits per heavy atom. The lowest BCUT2D eigenvalue weighted by molar-refractivity contribution is -0.607. The van der Waals surface area contributed by atoms with E-state index in [9.17, 15) is 23.2 Å². The van der Waals surface area contributed by atoms with Crippen LogP contribution in [0.2, 0.25) is 0 Å². The van der Waals surface area contributed by atoms with Crippen LogP contribution in [0.15, 0.2) is 42.6 Å². The van der Waals surface area contributed by atoms with E-state index in [4.69, 9.17) is 4.74 Å². The fourth-order valence-corrected chi connectivity index (χ4v) is 5.37. The normalized spacial score (nSPS) is 26.9. The summed E-state index contributed by atoms with van der Waals surface area (Å²) in [6.07, 6.45) is 3.86. The van der Waals surface area contributed by atoms with Crippen LogP contribution in [0.1, 0.15) is 19.5 Å². The molecule has 0 aliphatic carbocycles. The second kappa shape index (κ2) is 5.94. The Morgan fingerprint density at radius 1 is 1.46 bits per heavy atom. The first-order valence-corrected chi connectivity index (χ1v) is 9.42. The van der Waals surface area contributed by atoms with Crippen molar-refractivity contribution in [2.24, 2.45) is 0 Å². The van der Waals surface area contributed by atoms with Crippen molar-refractivity contribution in [3.63, 3.8) is 0 Å². The number of sulfone groups is 1. The van der Waals surface area contributed by atoms with Gasteiger partial charge in [0, 0.05) is 18.2 Å². The molecule has 9 heteroatoms. The van der Waals surface area contributed by atoms with E-state index in [0.29, 0.717) is 4.73 Å². The monoisotopic (exact) mass is 378 g/mol. The fourth-order valence-electron chi connectivity index (χ4n) is 3.26. The summed E-state index contributed by atoms with van der Waals surface area (Å²) in [4.78, 5) is 26.0. The van der Waals surface area contributed by atoms with E-state index in [0.717, 1.165) is 4.90 Å². The molecule has 8 nitrogen and oxygen atoms in total. The quantitative estimate of drug-likeness (QED) is 0.185. The van der Waals surface area contributed by atoms with Gasteiger partial charge in [-0.25, -0.2) is 13.2 Å². The van der Waals surface area contributed by atoms with E-state index in [-0.39, 0.29) is 17.9 Å². The van der Waals surface area contributed by atoms with Gasteiger partial charge in [-0.05, 0) is 19.9 Å². The van der Waals surface area contributed by atoms with Crippen LogP contribution in [0.25, 0.3) is 6.08 Å². The molecular formula is C17H18N2O6S. The Morgan fingerprint density at radius 3 is 2.77 bits per heavy atom. The molecule has 138 valence electrons. The fraction of sp³-hybridized carbons (Fsp3) is 0.353. The number of carbonyl (C=O) groups is 2. The van der Waals surface area contributed by atoms with Gasteiger partial charge in [0.25, 0.3) is 5.91 Å². The predicted octanol–water partition coefficient (Wildman–Crippen LogP) is 0.176. The average molecular weight is 378 g/mol. The number of nitrogens with zero attached hydrogens (tertiary/aromatic N) is 2. The van der Waals surface area contributed by atoms with Crippen LogP contribution in [0.4, 0.5) is 0 Å². The Hall–Kier alpha value is -2.68. The Balaban J connectivity index is 2.04. The summed E-state index contributed by atoms with van der Waals surface area (Å²) in [5.74, 6) is -1.40. The topological polar surface area (TPSA) is 108 Å². The summed E-state index contributed by atoms with van der Waals surface area (Å²) >= 11 is 0. The average Bonchev–Trinajstić information content (AvgIpc) is 2.73. The van der Waals surface area contributed by atoms with Crippen LogP contribution in [-0.2, 0) is 24.2 Å². The van der Waals surface area contributed by atoms with Gasteiger partial charge < -0.3 is 14.8 Å². The van der Waals surface area contributed by atoms with Crippen molar-refractivity contribution in [2.75, 3.05) is 6.61 Å². The number of ether oxygens (including phenoxy) is 1. The molecule has 0 spiro atoms. The number of esters is 1. The number of hydrogen-bond acceptors (Lipinski definition) is 6. The molecule has 0 bridgehead atoms. The van der Waals surface area contributed by atoms with Crippen molar-refractivity contribution in [1.82, 2.24) is 4.90 Å². The minimum Gasteiger partial charge on any atom is -0.618 e. The summed E-state index contributed by atoms with van der Waals surface area (Å²) in [5.41, 5.74) is 0.106. The van der Waals surface area contributed by atoms with Gasteiger partial charge in [-0.3, -0.25) is 4.79 Å². The zero-order chi connectivity index (χ0) is 19.3. The summed E-state index contributed by atoms with van der Waals surface area (Å²) in [6.45, 7) is 6.14. The number of rotatable bonds is 4. The first-order valence-electron chi connectivity index (χ1n) is 7.88. The van der Waals surface area contributed by atoms with Gasteiger partial charge in [0.05, 0.1) is 5.57 Å². The highest BCUT2D eigenvalue weighted by molar-refractivity contribution is 7.94. The molecule has 3 heterocycles. The van der Waals surface area contributed by atoms with Gasteiger partial charge in [-0.2, -0.15) is 4.73 Å². The Labute approximate surface area is 150 Å². The number of hydrogen-bond donors (Lipinski definition) is 0. The van der Waals surface area contributed by atoms with Crippen LogP contribution in [0.3, 0.4) is 0 Å². The number of carbonyl (C=O) groups excluding carboxylic acids is 2. The van der Waals surface area contributed by atoms with Gasteiger partial charge in [-0.1, -0.05) is 12.7 Å². The van der Waals surface area contributed by atoms with Gasteiger partial charge in [0.2, 0.25) is 5.69 Å². The molecule has 2 aliphatic rings. The van der Waals surface area contributed by atoms with Crippen LogP contribution in [0.5, 0.6) is 0 Å². The van der Waals surface area contributed by atoms with Crippen molar-refractivity contribution in [2.45, 2.75) is 30.0 Å². The lowest BCUT2D eigenvalue weighted by atomic mass is 9.95. The number of fused-ring (bicyclic) bond motifs is 1. The van der Waals surface area contributed by atoms with Crippen molar-refractivity contribution in [1.29, 1.82) is 0 Å². The molecule has 0 radical (unpaired) electrons. The molecule has 0 N–H and O–H groups in total. The van der Waals surface area contributed by atoms with E-state index < -0.39 is 37.9 Å². The first kappa shape index (κ1) is 18.1. The molecule has 2 atom stereocenters. The molecule has 1 amide bonds. The van der Waals surface area contributed by atoms with Crippen molar-refractivity contribution >= 4 is 27.8 Å². The van der Waals surface area contributed by atoms with E-state index in [1.165, 1.54) is 44.3 Å². The highest BCUT2D eigenvalue weighted by atomic mass is 32.2. The first-order chi connectivity index (χ1) is 12.1. The maximum absolute atomic E-state index is 12.9. The Bertz CT molecular complexity index is 934. The molecule has 1 aromatic rings. The van der Waals surface area contributed by atoms with E-state index in [2.05, 4.69) is 6.58 Å². The van der Waals surface area contributed by atoms with E-state index >= 15 is 0 Å². The molecule has 0 unspecified atom stereocenters. The molecule has 2 fully saturated rings. The zero-order valence-electron chi connectivity index (χ0n) is 14.3. The third-order valence-corrected chi connectivity index (χ3v) is 7.45. The molecular weight excluding hydrogens is 360 g/mol. The standard InChI is InChI=1S/C17H18N2O6S/c1-4-9-25-16(21)13-17(2,3)26(23,24)15-12(14(20)19(13)15)10-11-7-5-6-8-18(11)22/h4-8,10,13,15H,1,9H2,2-3H3/b12-10+/t13-,15+/m0/s1. The summed E-state index contributed by atoms with van der Waals surface area (Å²) < 4.78 is 29.9. The molecule has 2 aliphatic heterocycles. The zero-order valence-corrected chi connectivity index (χ0v) is 15.1. The maximum Gasteiger partial charge on any atom is 0.330 e. The van der Waals surface area contributed by atoms with Crippen molar-refractivity contribution in [3.05, 3.63) is 53.5 Å². The largest absolute Gasteiger partial charge is 0.618 e. The van der Waals surface area contributed by atoms with Crippen molar-refractivity contribution < 1.29 is 27.5 Å². The van der Waals surface area contributed by atoms with Crippen LogP contribution >= 0.6 is 0 Å². The number of pyridine rings is 1. The SMILES string of the molecule is C=CCOC(=O)[C@@H]1N2C(=O)/C(=C\c3cccc[n+]3[O-])[C@H]2S(=O)(=O)C1(C)C. The minimum absolute atomic E-state index is 0.0344. The molecule has 26 heavy (non-hydrogen) atoms. The predicted molar refractivity (Wildman–Crippen MR) is 92.0 cm³/mol. The summed E-state index contributed by atoms with van der Waals surface area (Å²) in [6, 6.07) is 3.34.